The fourth-order valence-corrected chi connectivity index (χ4v) is 5.29. The molecule has 0 radical (unpaired) electrons. The second-order valence-electron chi connectivity index (χ2n) is 7.74. The Morgan fingerprint density at radius 3 is 2.90 bits per heavy atom. The molecular formula is C23H23N3O3S. The van der Waals surface area contributed by atoms with Crippen LogP contribution in [-0.4, -0.2) is 47.9 Å². The van der Waals surface area contributed by atoms with E-state index in [4.69, 9.17) is 9.72 Å². The second kappa shape index (κ2) is 8.07. The fourth-order valence-electron chi connectivity index (χ4n) is 4.20. The summed E-state index contributed by atoms with van der Waals surface area (Å²) in [6.45, 7) is 1.76. The number of thiazole rings is 1. The van der Waals surface area contributed by atoms with E-state index >= 15 is 0 Å². The van der Waals surface area contributed by atoms with Crippen LogP contribution in [0.25, 0.3) is 10.2 Å². The number of hydrogen-bond donors (Lipinski definition) is 0. The van der Waals surface area contributed by atoms with Crippen LogP contribution < -0.4 is 9.64 Å². The quantitative estimate of drug-likeness (QED) is 0.645. The van der Waals surface area contributed by atoms with Crippen LogP contribution in [-0.2, 0) is 9.59 Å². The van der Waals surface area contributed by atoms with Crippen LogP contribution in [0.4, 0.5) is 5.69 Å². The summed E-state index contributed by atoms with van der Waals surface area (Å²) in [7, 11) is 0. The van der Waals surface area contributed by atoms with Crippen LogP contribution in [0.2, 0.25) is 0 Å². The maximum atomic E-state index is 13.2. The molecule has 2 aliphatic rings. The Balaban J connectivity index is 1.33. The Morgan fingerprint density at radius 2 is 2.00 bits per heavy atom. The minimum atomic E-state index is -0.0759. The predicted octanol–water partition coefficient (Wildman–Crippen LogP) is 3.82. The summed E-state index contributed by atoms with van der Waals surface area (Å²) in [5, 5.41) is 1.10. The third-order valence-electron chi connectivity index (χ3n) is 5.76. The number of piperidine rings is 1. The topological polar surface area (TPSA) is 62.7 Å². The summed E-state index contributed by atoms with van der Waals surface area (Å²) in [6.07, 6.45) is 2.25. The van der Waals surface area contributed by atoms with Gasteiger partial charge in [-0.05, 0) is 37.1 Å². The molecule has 0 N–H and O–H groups in total. The predicted molar refractivity (Wildman–Crippen MR) is 117 cm³/mol. The van der Waals surface area contributed by atoms with Gasteiger partial charge in [0.05, 0.1) is 33.9 Å². The molecular weight excluding hydrogens is 398 g/mol. The number of anilines is 1. The van der Waals surface area contributed by atoms with Crippen molar-refractivity contribution >= 4 is 39.1 Å². The van der Waals surface area contributed by atoms with E-state index in [1.54, 1.807) is 16.2 Å². The molecule has 0 spiro atoms. The molecule has 1 saturated heterocycles. The Labute approximate surface area is 179 Å². The molecule has 0 aliphatic carbocycles. The number of rotatable bonds is 3. The molecule has 154 valence electrons. The van der Waals surface area contributed by atoms with Crippen LogP contribution >= 0.6 is 11.3 Å². The van der Waals surface area contributed by atoms with Crippen LogP contribution in [0.1, 0.15) is 30.2 Å². The molecule has 2 aliphatic heterocycles. The van der Waals surface area contributed by atoms with Gasteiger partial charge in [-0.3, -0.25) is 14.5 Å². The molecule has 1 aromatic heterocycles. The zero-order chi connectivity index (χ0) is 20.5. The molecule has 0 bridgehead atoms. The lowest BCUT2D eigenvalue weighted by Crippen LogP contribution is -2.46. The van der Waals surface area contributed by atoms with E-state index in [0.29, 0.717) is 24.6 Å². The maximum Gasteiger partial charge on any atom is 0.242 e. The minimum absolute atomic E-state index is 0.0223. The Bertz CT molecular complexity index is 1060. The number of fused-ring (bicyclic) bond motifs is 2. The maximum absolute atomic E-state index is 13.2. The number of hydrogen-bond acceptors (Lipinski definition) is 5. The summed E-state index contributed by atoms with van der Waals surface area (Å²) in [6, 6.07) is 15.6. The molecule has 1 atom stereocenters. The van der Waals surface area contributed by atoms with Crippen molar-refractivity contribution in [3.8, 4) is 5.75 Å². The van der Waals surface area contributed by atoms with E-state index in [1.165, 1.54) is 4.70 Å². The second-order valence-corrected chi connectivity index (χ2v) is 8.81. The first-order chi connectivity index (χ1) is 14.7. The highest BCUT2D eigenvalue weighted by Crippen LogP contribution is 2.34. The van der Waals surface area contributed by atoms with Crippen molar-refractivity contribution in [2.75, 3.05) is 31.1 Å². The number of carbonyl (C=O) groups excluding carboxylic acids is 2. The van der Waals surface area contributed by atoms with Gasteiger partial charge in [0.15, 0.2) is 0 Å². The number of benzene rings is 2. The van der Waals surface area contributed by atoms with Crippen molar-refractivity contribution in [2.45, 2.75) is 25.2 Å². The monoisotopic (exact) mass is 421 g/mol. The van der Waals surface area contributed by atoms with E-state index in [0.717, 1.165) is 29.9 Å². The molecule has 5 rings (SSSR count). The molecule has 0 saturated carbocycles. The molecule has 30 heavy (non-hydrogen) atoms. The number of amides is 2. The standard InChI is InChI=1S/C23H23N3O3S/c27-21-11-13-29-19-9-3-2-8-18(19)26(21)15-22(28)25-12-5-6-16(14-25)23-24-17-7-1-4-10-20(17)30-23/h1-4,7-10,16H,5-6,11-15H2/t16-/m1/s1. The van der Waals surface area contributed by atoms with Gasteiger partial charge in [-0.25, -0.2) is 4.98 Å². The summed E-state index contributed by atoms with van der Waals surface area (Å²) >= 11 is 1.72. The highest BCUT2D eigenvalue weighted by molar-refractivity contribution is 7.18. The van der Waals surface area contributed by atoms with Gasteiger partial charge < -0.3 is 9.64 Å². The molecule has 2 amide bonds. The zero-order valence-electron chi connectivity index (χ0n) is 16.6. The van der Waals surface area contributed by atoms with Gasteiger partial charge in [0.2, 0.25) is 11.8 Å². The van der Waals surface area contributed by atoms with Crippen molar-refractivity contribution in [3.63, 3.8) is 0 Å². The van der Waals surface area contributed by atoms with E-state index < -0.39 is 0 Å². The fraction of sp³-hybridized carbons (Fsp3) is 0.348. The number of likely N-dealkylation sites (tertiary alicyclic amines) is 1. The minimum Gasteiger partial charge on any atom is -0.491 e. The summed E-state index contributed by atoms with van der Waals surface area (Å²) in [5.74, 6) is 0.802. The van der Waals surface area contributed by atoms with Gasteiger partial charge in [0.1, 0.15) is 12.3 Å². The lowest BCUT2D eigenvalue weighted by Gasteiger charge is -2.33. The van der Waals surface area contributed by atoms with Crippen molar-refractivity contribution in [1.29, 1.82) is 0 Å². The Kier molecular flexibility index (Phi) is 5.12. The molecule has 7 heteroatoms. The molecule has 3 aromatic rings. The third kappa shape index (κ3) is 3.65. The lowest BCUT2D eigenvalue weighted by atomic mass is 9.98. The van der Waals surface area contributed by atoms with E-state index in [9.17, 15) is 9.59 Å². The van der Waals surface area contributed by atoms with Gasteiger partial charge in [-0.15, -0.1) is 11.3 Å². The Morgan fingerprint density at radius 1 is 1.17 bits per heavy atom. The summed E-state index contributed by atoms with van der Waals surface area (Å²) < 4.78 is 6.87. The Hall–Kier alpha value is -2.93. The van der Waals surface area contributed by atoms with Crippen LogP contribution in [0.5, 0.6) is 5.75 Å². The van der Waals surface area contributed by atoms with Crippen molar-refractivity contribution in [3.05, 3.63) is 53.5 Å². The van der Waals surface area contributed by atoms with Gasteiger partial charge in [0.25, 0.3) is 0 Å². The number of ether oxygens (including phenoxy) is 1. The summed E-state index contributed by atoms with van der Waals surface area (Å²) in [4.78, 5) is 34.1. The normalized spacial score (nSPS) is 19.3. The first-order valence-electron chi connectivity index (χ1n) is 10.3. The number of carbonyl (C=O) groups is 2. The van der Waals surface area contributed by atoms with Crippen molar-refractivity contribution < 1.29 is 14.3 Å². The largest absolute Gasteiger partial charge is 0.491 e. The smallest absolute Gasteiger partial charge is 0.242 e. The average Bonchev–Trinajstić information content (AvgIpc) is 3.15. The van der Waals surface area contributed by atoms with Crippen LogP contribution in [0, 0.1) is 0 Å². The number of aromatic nitrogens is 1. The van der Waals surface area contributed by atoms with Gasteiger partial charge in [0, 0.05) is 19.0 Å². The van der Waals surface area contributed by atoms with E-state index in [2.05, 4.69) is 6.07 Å². The highest BCUT2D eigenvalue weighted by atomic mass is 32.1. The first kappa shape index (κ1) is 19.1. The van der Waals surface area contributed by atoms with Crippen molar-refractivity contribution in [2.24, 2.45) is 0 Å². The van der Waals surface area contributed by atoms with Gasteiger partial charge >= 0.3 is 0 Å². The molecule has 1 fully saturated rings. The van der Waals surface area contributed by atoms with Crippen LogP contribution in [0.15, 0.2) is 48.5 Å². The number of nitrogens with zero attached hydrogens (tertiary/aromatic N) is 3. The molecule has 0 unspecified atom stereocenters. The van der Waals surface area contributed by atoms with Gasteiger partial charge in [-0.1, -0.05) is 24.3 Å². The highest BCUT2D eigenvalue weighted by Gasteiger charge is 2.30. The molecule has 2 aromatic carbocycles. The first-order valence-corrected chi connectivity index (χ1v) is 11.2. The molecule has 3 heterocycles. The molecule has 6 nitrogen and oxygen atoms in total. The lowest BCUT2D eigenvalue weighted by molar-refractivity contribution is -0.132. The van der Waals surface area contributed by atoms with E-state index in [1.807, 2.05) is 47.4 Å². The van der Waals surface area contributed by atoms with Crippen LogP contribution in [0.3, 0.4) is 0 Å². The average molecular weight is 422 g/mol. The third-order valence-corrected chi connectivity index (χ3v) is 6.96. The van der Waals surface area contributed by atoms with Gasteiger partial charge in [-0.2, -0.15) is 0 Å². The SMILES string of the molecule is O=C(CN1C(=O)CCOc2ccccc21)N1CCC[C@@H](c2nc3ccccc3s2)C1. The zero-order valence-corrected chi connectivity index (χ0v) is 17.4. The van der Waals surface area contributed by atoms with E-state index in [-0.39, 0.29) is 30.7 Å². The van der Waals surface area contributed by atoms with Crippen molar-refractivity contribution in [1.82, 2.24) is 9.88 Å². The summed E-state index contributed by atoms with van der Waals surface area (Å²) in [5.41, 5.74) is 1.70. The number of para-hydroxylation sites is 3.